The first-order valence-corrected chi connectivity index (χ1v) is 4.48. The van der Waals surface area contributed by atoms with Crippen LogP contribution in [0.25, 0.3) is 0 Å². The maximum atomic E-state index is 11.5. The summed E-state index contributed by atoms with van der Waals surface area (Å²) in [5.74, 6) is -0.0866. The van der Waals surface area contributed by atoms with Crippen molar-refractivity contribution in [1.29, 1.82) is 0 Å². The fraction of sp³-hybridized carbons (Fsp3) is 0.667. The smallest absolute Gasteiger partial charge is 0.239 e. The number of hydrogen-bond donors (Lipinski definition) is 2. The minimum Gasteiger partial charge on any atom is -0.391 e. The van der Waals surface area contributed by atoms with Gasteiger partial charge in [-0.2, -0.15) is 0 Å². The Labute approximate surface area is 78.0 Å². The van der Waals surface area contributed by atoms with Gasteiger partial charge in [0.25, 0.3) is 0 Å². The van der Waals surface area contributed by atoms with Crippen LogP contribution in [-0.4, -0.2) is 41.1 Å². The molecule has 1 fully saturated rings. The van der Waals surface area contributed by atoms with Gasteiger partial charge in [-0.15, -0.1) is 6.58 Å². The minimum absolute atomic E-state index is 0.0866. The lowest BCUT2D eigenvalue weighted by molar-refractivity contribution is -0.131. The second-order valence-electron chi connectivity index (χ2n) is 3.36. The number of carbonyl (C=O) groups excluding carboxylic acids is 1. The number of nitrogens with two attached hydrogens (primary N) is 1. The molecule has 3 N–H and O–H groups in total. The van der Waals surface area contributed by atoms with Crippen molar-refractivity contribution in [2.24, 2.45) is 5.73 Å². The predicted molar refractivity (Wildman–Crippen MR) is 50.0 cm³/mol. The van der Waals surface area contributed by atoms with Gasteiger partial charge in [0.15, 0.2) is 0 Å². The Morgan fingerprint density at radius 3 is 3.00 bits per heavy atom. The quantitative estimate of drug-likeness (QED) is 0.580. The zero-order valence-corrected chi connectivity index (χ0v) is 7.65. The molecule has 1 aliphatic rings. The van der Waals surface area contributed by atoms with Crippen molar-refractivity contribution in [2.45, 2.75) is 25.0 Å². The molecule has 0 radical (unpaired) electrons. The van der Waals surface area contributed by atoms with Gasteiger partial charge in [0, 0.05) is 13.1 Å². The summed E-state index contributed by atoms with van der Waals surface area (Å²) in [5.41, 5.74) is 5.61. The number of likely N-dealkylation sites (tertiary alicyclic amines) is 1. The molecule has 1 unspecified atom stereocenters. The van der Waals surface area contributed by atoms with Crippen LogP contribution < -0.4 is 5.73 Å². The molecule has 0 bridgehead atoms. The van der Waals surface area contributed by atoms with E-state index in [1.165, 1.54) is 0 Å². The topological polar surface area (TPSA) is 66.6 Å². The molecule has 0 aromatic rings. The van der Waals surface area contributed by atoms with Crippen molar-refractivity contribution in [2.75, 3.05) is 13.1 Å². The fourth-order valence-electron chi connectivity index (χ4n) is 1.46. The summed E-state index contributed by atoms with van der Waals surface area (Å²) >= 11 is 0. The second-order valence-corrected chi connectivity index (χ2v) is 3.36. The summed E-state index contributed by atoms with van der Waals surface area (Å²) in [6, 6.07) is -0.497. The predicted octanol–water partition coefficient (Wildman–Crippen LogP) is -0.517. The van der Waals surface area contributed by atoms with Gasteiger partial charge in [-0.25, -0.2) is 0 Å². The van der Waals surface area contributed by atoms with E-state index in [-0.39, 0.29) is 12.0 Å². The van der Waals surface area contributed by atoms with Crippen LogP contribution in [0, 0.1) is 0 Å². The zero-order valence-electron chi connectivity index (χ0n) is 7.65. The van der Waals surface area contributed by atoms with Gasteiger partial charge in [-0.1, -0.05) is 6.08 Å². The Morgan fingerprint density at radius 1 is 1.85 bits per heavy atom. The zero-order chi connectivity index (χ0) is 9.84. The highest BCUT2D eigenvalue weighted by molar-refractivity contribution is 5.82. The Balaban J connectivity index is 2.43. The van der Waals surface area contributed by atoms with E-state index in [1.807, 2.05) is 0 Å². The fourth-order valence-corrected chi connectivity index (χ4v) is 1.46. The highest BCUT2D eigenvalue weighted by Crippen LogP contribution is 2.10. The van der Waals surface area contributed by atoms with Crippen molar-refractivity contribution in [3.05, 3.63) is 12.7 Å². The molecule has 1 aliphatic heterocycles. The first-order chi connectivity index (χ1) is 6.15. The lowest BCUT2D eigenvalue weighted by Crippen LogP contribution is -2.42. The summed E-state index contributed by atoms with van der Waals surface area (Å²) in [4.78, 5) is 13.1. The van der Waals surface area contributed by atoms with Gasteiger partial charge in [0.1, 0.15) is 0 Å². The van der Waals surface area contributed by atoms with E-state index in [4.69, 9.17) is 5.73 Å². The van der Waals surface area contributed by atoms with Gasteiger partial charge in [-0.3, -0.25) is 4.79 Å². The molecule has 1 saturated heterocycles. The molecule has 4 nitrogen and oxygen atoms in total. The molecule has 1 amide bonds. The molecule has 0 aliphatic carbocycles. The summed E-state index contributed by atoms with van der Waals surface area (Å²) in [6.07, 6.45) is 2.41. The molecule has 2 atom stereocenters. The number of amides is 1. The molecule has 0 spiro atoms. The van der Waals surface area contributed by atoms with Crippen molar-refractivity contribution < 1.29 is 9.90 Å². The number of hydrogen-bond acceptors (Lipinski definition) is 3. The number of carbonyl (C=O) groups is 1. The minimum atomic E-state index is -0.497. The SMILES string of the molecule is C=CCC(N)C(=O)N1CC[C@@H](O)C1. The van der Waals surface area contributed by atoms with E-state index in [0.29, 0.717) is 25.9 Å². The van der Waals surface area contributed by atoms with Crippen LogP contribution in [-0.2, 0) is 4.79 Å². The summed E-state index contributed by atoms with van der Waals surface area (Å²) < 4.78 is 0. The number of aliphatic hydroxyl groups is 1. The van der Waals surface area contributed by atoms with Gasteiger partial charge in [0.05, 0.1) is 12.1 Å². The summed E-state index contributed by atoms with van der Waals surface area (Å²) in [6.45, 7) is 4.56. The number of aliphatic hydroxyl groups excluding tert-OH is 1. The first kappa shape index (κ1) is 10.2. The van der Waals surface area contributed by atoms with Crippen molar-refractivity contribution in [3.8, 4) is 0 Å². The van der Waals surface area contributed by atoms with Crippen LogP contribution in [0.3, 0.4) is 0 Å². The lowest BCUT2D eigenvalue weighted by Gasteiger charge is -2.19. The average molecular weight is 184 g/mol. The second kappa shape index (κ2) is 4.39. The summed E-state index contributed by atoms with van der Waals surface area (Å²) in [5, 5.41) is 9.21. The molecule has 13 heavy (non-hydrogen) atoms. The molecule has 0 saturated carbocycles. The van der Waals surface area contributed by atoms with Gasteiger partial charge in [0.2, 0.25) is 5.91 Å². The third-order valence-electron chi connectivity index (χ3n) is 2.21. The molecule has 1 rings (SSSR count). The third kappa shape index (κ3) is 2.54. The molecule has 1 heterocycles. The maximum Gasteiger partial charge on any atom is 0.239 e. The number of nitrogens with zero attached hydrogens (tertiary/aromatic N) is 1. The third-order valence-corrected chi connectivity index (χ3v) is 2.21. The number of β-amino-alcohol motifs (C(OH)–C–C–N with tert-alkyl or cyclic N) is 1. The van der Waals surface area contributed by atoms with Crippen LogP contribution in [0.15, 0.2) is 12.7 Å². The maximum absolute atomic E-state index is 11.5. The molecule has 74 valence electrons. The Bertz CT molecular complexity index is 206. The lowest BCUT2D eigenvalue weighted by atomic mass is 10.2. The van der Waals surface area contributed by atoms with Crippen molar-refractivity contribution in [1.82, 2.24) is 4.90 Å². The molecular weight excluding hydrogens is 168 g/mol. The monoisotopic (exact) mass is 184 g/mol. The van der Waals surface area contributed by atoms with E-state index in [1.54, 1.807) is 11.0 Å². The van der Waals surface area contributed by atoms with E-state index in [9.17, 15) is 9.90 Å². The van der Waals surface area contributed by atoms with Crippen LogP contribution in [0.5, 0.6) is 0 Å². The molecule has 0 aromatic heterocycles. The van der Waals surface area contributed by atoms with E-state index >= 15 is 0 Å². The first-order valence-electron chi connectivity index (χ1n) is 4.48. The normalized spacial score (nSPS) is 24.5. The standard InChI is InChI=1S/C9H16N2O2/c1-2-3-8(10)9(13)11-5-4-7(12)6-11/h2,7-8,12H,1,3-6,10H2/t7-,8?/m1/s1. The van der Waals surface area contributed by atoms with Crippen LogP contribution in [0.2, 0.25) is 0 Å². The Hall–Kier alpha value is -0.870. The highest BCUT2D eigenvalue weighted by atomic mass is 16.3. The largest absolute Gasteiger partial charge is 0.391 e. The van der Waals surface area contributed by atoms with E-state index in [2.05, 4.69) is 6.58 Å². The molecular formula is C9H16N2O2. The van der Waals surface area contributed by atoms with Crippen LogP contribution >= 0.6 is 0 Å². The van der Waals surface area contributed by atoms with Gasteiger partial charge in [-0.05, 0) is 12.8 Å². The summed E-state index contributed by atoms with van der Waals surface area (Å²) in [7, 11) is 0. The van der Waals surface area contributed by atoms with Crippen molar-refractivity contribution in [3.63, 3.8) is 0 Å². The average Bonchev–Trinajstić information content (AvgIpc) is 2.51. The van der Waals surface area contributed by atoms with Gasteiger partial charge < -0.3 is 15.7 Å². The van der Waals surface area contributed by atoms with E-state index in [0.717, 1.165) is 0 Å². The molecule has 0 aromatic carbocycles. The number of rotatable bonds is 3. The Morgan fingerprint density at radius 2 is 2.54 bits per heavy atom. The highest BCUT2D eigenvalue weighted by Gasteiger charge is 2.27. The van der Waals surface area contributed by atoms with Crippen molar-refractivity contribution >= 4 is 5.91 Å². The molecule has 4 heteroatoms. The van der Waals surface area contributed by atoms with E-state index < -0.39 is 6.04 Å². The van der Waals surface area contributed by atoms with Crippen LogP contribution in [0.1, 0.15) is 12.8 Å². The van der Waals surface area contributed by atoms with Crippen LogP contribution in [0.4, 0.5) is 0 Å². The Kier molecular flexibility index (Phi) is 3.45. The van der Waals surface area contributed by atoms with Gasteiger partial charge >= 0.3 is 0 Å².